The van der Waals surface area contributed by atoms with Gasteiger partial charge in [-0.25, -0.2) is 0 Å². The minimum atomic E-state index is -0.777. The molecule has 0 saturated carbocycles. The van der Waals surface area contributed by atoms with Crippen LogP contribution in [0.4, 0.5) is 0 Å². The first-order valence-electron chi connectivity index (χ1n) is 29.8. The molecule has 0 saturated heterocycles. The van der Waals surface area contributed by atoms with Crippen molar-refractivity contribution in [2.24, 2.45) is 0 Å². The van der Waals surface area contributed by atoms with Crippen LogP contribution in [0.5, 0.6) is 0 Å². The van der Waals surface area contributed by atoms with Crippen molar-refractivity contribution in [3.05, 3.63) is 60.8 Å². The first kappa shape index (κ1) is 66.1. The van der Waals surface area contributed by atoms with E-state index in [4.69, 9.17) is 14.2 Å². The molecule has 0 aromatic rings. The van der Waals surface area contributed by atoms with E-state index < -0.39 is 6.10 Å². The standard InChI is InChI=1S/C63H112O6/c1-4-7-10-13-15-17-19-21-23-25-27-29-30-31-32-34-35-37-39-41-43-45-47-50-53-56-62(65)68-59-60(58-67-61(64)55-52-49-12-9-6-3)69-63(66)57-54-51-48-46-44-42-40-38-36-33-28-26-24-22-20-18-16-14-11-8-5-2/h19-22,25-28,36,38,60H,4-18,23-24,29-35,37,39-59H2,1-3H3/b21-19-,22-20-,27-25-,28-26-,38-36-. The van der Waals surface area contributed by atoms with Crippen LogP contribution in [0.3, 0.4) is 0 Å². The van der Waals surface area contributed by atoms with Crippen LogP contribution in [0.2, 0.25) is 0 Å². The van der Waals surface area contributed by atoms with E-state index in [1.165, 1.54) is 167 Å². The lowest BCUT2D eigenvalue weighted by atomic mass is 10.0. The van der Waals surface area contributed by atoms with Gasteiger partial charge in [0, 0.05) is 19.3 Å². The lowest BCUT2D eigenvalue weighted by molar-refractivity contribution is -0.167. The number of hydrogen-bond donors (Lipinski definition) is 0. The maximum Gasteiger partial charge on any atom is 0.306 e. The van der Waals surface area contributed by atoms with Gasteiger partial charge in [0.15, 0.2) is 6.10 Å². The molecule has 0 spiro atoms. The average Bonchev–Trinajstić information content (AvgIpc) is 3.35. The molecule has 0 N–H and O–H groups in total. The molecule has 0 aromatic carbocycles. The molecule has 0 amide bonds. The highest BCUT2D eigenvalue weighted by Crippen LogP contribution is 2.16. The zero-order valence-corrected chi connectivity index (χ0v) is 45.8. The number of allylic oxidation sites excluding steroid dienone is 10. The Labute approximate surface area is 428 Å². The Hall–Kier alpha value is -2.89. The second-order valence-electron chi connectivity index (χ2n) is 19.9. The molecule has 0 aliphatic heterocycles. The van der Waals surface area contributed by atoms with Gasteiger partial charge in [-0.05, 0) is 89.9 Å². The lowest BCUT2D eigenvalue weighted by Crippen LogP contribution is -2.30. The zero-order chi connectivity index (χ0) is 50.0. The summed E-state index contributed by atoms with van der Waals surface area (Å²) >= 11 is 0. The monoisotopic (exact) mass is 965 g/mol. The van der Waals surface area contributed by atoms with Crippen molar-refractivity contribution in [1.29, 1.82) is 0 Å². The van der Waals surface area contributed by atoms with Gasteiger partial charge in [0.2, 0.25) is 0 Å². The second kappa shape index (κ2) is 57.7. The van der Waals surface area contributed by atoms with Crippen LogP contribution in [0.15, 0.2) is 60.8 Å². The smallest absolute Gasteiger partial charge is 0.306 e. The van der Waals surface area contributed by atoms with E-state index in [0.29, 0.717) is 19.3 Å². The van der Waals surface area contributed by atoms with Gasteiger partial charge in [0.05, 0.1) is 0 Å². The van der Waals surface area contributed by atoms with Gasteiger partial charge in [-0.3, -0.25) is 14.4 Å². The Morgan fingerprint density at radius 2 is 0.522 bits per heavy atom. The van der Waals surface area contributed by atoms with Gasteiger partial charge < -0.3 is 14.2 Å². The van der Waals surface area contributed by atoms with Crippen molar-refractivity contribution in [1.82, 2.24) is 0 Å². The molecule has 0 aromatic heterocycles. The highest BCUT2D eigenvalue weighted by Gasteiger charge is 2.19. The second-order valence-corrected chi connectivity index (χ2v) is 19.9. The third kappa shape index (κ3) is 55.9. The summed E-state index contributed by atoms with van der Waals surface area (Å²) in [5.41, 5.74) is 0. The summed E-state index contributed by atoms with van der Waals surface area (Å²) in [6.45, 7) is 6.55. The number of hydrogen-bond acceptors (Lipinski definition) is 6. The third-order valence-corrected chi connectivity index (χ3v) is 13.0. The summed E-state index contributed by atoms with van der Waals surface area (Å²) in [6.07, 6.45) is 72.6. The predicted molar refractivity (Wildman–Crippen MR) is 298 cm³/mol. The summed E-state index contributed by atoms with van der Waals surface area (Å²) in [5, 5.41) is 0. The van der Waals surface area contributed by atoms with Gasteiger partial charge in [0.1, 0.15) is 13.2 Å². The highest BCUT2D eigenvalue weighted by molar-refractivity contribution is 5.71. The van der Waals surface area contributed by atoms with Crippen LogP contribution < -0.4 is 0 Å². The highest BCUT2D eigenvalue weighted by atomic mass is 16.6. The zero-order valence-electron chi connectivity index (χ0n) is 45.8. The number of carbonyl (C=O) groups excluding carboxylic acids is 3. The van der Waals surface area contributed by atoms with E-state index in [9.17, 15) is 14.4 Å². The van der Waals surface area contributed by atoms with Crippen molar-refractivity contribution in [3.63, 3.8) is 0 Å². The van der Waals surface area contributed by atoms with E-state index in [1.807, 2.05) is 0 Å². The summed E-state index contributed by atoms with van der Waals surface area (Å²) in [5.74, 6) is -0.896. The van der Waals surface area contributed by atoms with Crippen LogP contribution in [-0.2, 0) is 28.6 Å². The van der Waals surface area contributed by atoms with Gasteiger partial charge in [-0.2, -0.15) is 0 Å². The average molecular weight is 966 g/mol. The molecule has 6 nitrogen and oxygen atoms in total. The normalized spacial score (nSPS) is 12.4. The quantitative estimate of drug-likeness (QED) is 0.0262. The van der Waals surface area contributed by atoms with E-state index in [0.717, 1.165) is 96.3 Å². The number of ether oxygens (including phenoxy) is 3. The van der Waals surface area contributed by atoms with Gasteiger partial charge in [0.25, 0.3) is 0 Å². The third-order valence-electron chi connectivity index (χ3n) is 13.0. The Bertz CT molecular complexity index is 1250. The van der Waals surface area contributed by atoms with Crippen molar-refractivity contribution in [3.8, 4) is 0 Å². The maximum absolute atomic E-state index is 12.8. The molecule has 400 valence electrons. The van der Waals surface area contributed by atoms with Crippen molar-refractivity contribution < 1.29 is 28.6 Å². The van der Waals surface area contributed by atoms with Crippen molar-refractivity contribution in [2.45, 2.75) is 309 Å². The SMILES string of the molecule is CCCCCCC/C=C\C/C=C\C/C=C\CCCCCCCCC(=O)OC(COC(=O)CCCCCCC)COC(=O)CCCCCCCCCCCCCCC/C=C\C/C=C\CCCCCCC. The van der Waals surface area contributed by atoms with Crippen LogP contribution in [-0.4, -0.2) is 37.2 Å². The lowest BCUT2D eigenvalue weighted by Gasteiger charge is -2.18. The summed E-state index contributed by atoms with van der Waals surface area (Å²) in [4.78, 5) is 37.8. The molecule has 1 atom stereocenters. The fraction of sp³-hybridized carbons (Fsp3) is 0.794. The fourth-order valence-corrected chi connectivity index (χ4v) is 8.48. The van der Waals surface area contributed by atoms with E-state index in [-0.39, 0.29) is 31.1 Å². The largest absolute Gasteiger partial charge is 0.462 e. The Morgan fingerprint density at radius 1 is 0.290 bits per heavy atom. The Balaban J connectivity index is 4.09. The summed E-state index contributed by atoms with van der Waals surface area (Å²) in [7, 11) is 0. The minimum absolute atomic E-state index is 0.0788. The molecule has 0 rings (SSSR count). The van der Waals surface area contributed by atoms with Crippen molar-refractivity contribution in [2.75, 3.05) is 13.2 Å². The van der Waals surface area contributed by atoms with Crippen LogP contribution in [0.1, 0.15) is 303 Å². The molecule has 6 heteroatoms. The van der Waals surface area contributed by atoms with Gasteiger partial charge >= 0.3 is 17.9 Å². The number of esters is 3. The van der Waals surface area contributed by atoms with Gasteiger partial charge in [-0.15, -0.1) is 0 Å². The maximum atomic E-state index is 12.8. The fourth-order valence-electron chi connectivity index (χ4n) is 8.48. The van der Waals surface area contributed by atoms with E-state index in [2.05, 4.69) is 81.5 Å². The first-order chi connectivity index (χ1) is 34.0. The molecule has 0 heterocycles. The summed E-state index contributed by atoms with van der Waals surface area (Å²) < 4.78 is 16.7. The minimum Gasteiger partial charge on any atom is -0.462 e. The molecular formula is C63H112O6. The molecule has 0 bridgehead atoms. The van der Waals surface area contributed by atoms with E-state index in [1.54, 1.807) is 0 Å². The van der Waals surface area contributed by atoms with E-state index >= 15 is 0 Å². The predicted octanol–water partition coefficient (Wildman–Crippen LogP) is 20.0. The summed E-state index contributed by atoms with van der Waals surface area (Å²) in [6, 6.07) is 0. The molecule has 0 aliphatic carbocycles. The molecule has 1 unspecified atom stereocenters. The topological polar surface area (TPSA) is 78.9 Å². The first-order valence-corrected chi connectivity index (χ1v) is 29.8. The van der Waals surface area contributed by atoms with Gasteiger partial charge in [-0.1, -0.05) is 255 Å². The van der Waals surface area contributed by atoms with Crippen LogP contribution in [0, 0.1) is 0 Å². The molecule has 0 aliphatic rings. The number of carbonyl (C=O) groups is 3. The molecule has 0 fully saturated rings. The van der Waals surface area contributed by atoms with Crippen LogP contribution in [0.25, 0.3) is 0 Å². The Morgan fingerprint density at radius 3 is 0.812 bits per heavy atom. The van der Waals surface area contributed by atoms with Crippen molar-refractivity contribution >= 4 is 17.9 Å². The molecule has 69 heavy (non-hydrogen) atoms. The molecule has 0 radical (unpaired) electrons. The molecular weight excluding hydrogens is 853 g/mol. The Kier molecular flexibility index (Phi) is 55.3. The number of unbranched alkanes of at least 4 members (excludes halogenated alkanes) is 33. The number of rotatable bonds is 54. The van der Waals surface area contributed by atoms with Crippen LogP contribution >= 0.6 is 0 Å².